The number of rotatable bonds is 6. The zero-order valence-electron chi connectivity index (χ0n) is 17.0. The van der Waals surface area contributed by atoms with Gasteiger partial charge in [0.05, 0.1) is 11.1 Å². The van der Waals surface area contributed by atoms with Gasteiger partial charge in [-0.1, -0.05) is 56.5 Å². The highest BCUT2D eigenvalue weighted by Gasteiger charge is 2.42. The molecule has 0 amide bonds. The molecule has 0 aliphatic carbocycles. The van der Waals surface area contributed by atoms with Gasteiger partial charge in [-0.3, -0.25) is 0 Å². The van der Waals surface area contributed by atoms with Crippen LogP contribution in [0.1, 0.15) is 58.8 Å². The van der Waals surface area contributed by atoms with Gasteiger partial charge in [0.1, 0.15) is 30.5 Å². The Morgan fingerprint density at radius 2 is 1.89 bits per heavy atom. The minimum absolute atomic E-state index is 0.0915. The topological polar surface area (TPSA) is 27.7 Å². The molecular weight excluding hydrogens is 422 g/mol. The van der Waals surface area contributed by atoms with Gasteiger partial charge in [0.25, 0.3) is 0 Å². The molecule has 1 aromatic rings. The van der Waals surface area contributed by atoms with E-state index in [1.807, 2.05) is 13.8 Å². The van der Waals surface area contributed by atoms with E-state index in [1.165, 1.54) is 57.0 Å². The van der Waals surface area contributed by atoms with Gasteiger partial charge in [-0.05, 0) is 54.4 Å². The zero-order chi connectivity index (χ0) is 19.7. The van der Waals surface area contributed by atoms with E-state index in [-0.39, 0.29) is 18.0 Å². The molecule has 28 heavy (non-hydrogen) atoms. The van der Waals surface area contributed by atoms with Crippen LogP contribution < -0.4 is 4.74 Å². The van der Waals surface area contributed by atoms with Crippen molar-refractivity contribution >= 4 is 22.6 Å². The molecule has 0 aromatic heterocycles. The van der Waals surface area contributed by atoms with Crippen LogP contribution in [0.5, 0.6) is 5.75 Å². The van der Waals surface area contributed by atoms with Crippen molar-refractivity contribution in [1.82, 2.24) is 0 Å². The molecule has 6 heteroatoms. The van der Waals surface area contributed by atoms with Gasteiger partial charge in [-0.15, -0.1) is 0 Å². The minimum atomic E-state index is -0.576. The molecule has 0 saturated carbocycles. The Hall–Kier alpha value is -0.585. The predicted octanol–water partition coefficient (Wildman–Crippen LogP) is 6.48. The Kier molecular flexibility index (Phi) is 6.39. The zero-order valence-corrected chi connectivity index (χ0v) is 18.5. The second-order valence-corrected chi connectivity index (χ2v) is 10.1. The Morgan fingerprint density at radius 3 is 2.46 bits per heavy atom. The maximum atomic E-state index is 13.5. The van der Waals surface area contributed by atoms with E-state index in [1.54, 1.807) is 6.07 Å². The Balaban J connectivity index is 1.46. The Labute approximate surface area is 176 Å². The molecule has 3 fully saturated rings. The molecule has 2 atom stereocenters. The monoisotopic (exact) mass is 452 g/mol. The number of hydrogen-bond acceptors (Lipinski definition) is 3. The average Bonchev–Trinajstić information content (AvgIpc) is 2.99. The molecule has 1 aromatic carbocycles. The lowest BCUT2D eigenvalue weighted by Gasteiger charge is -2.41. The van der Waals surface area contributed by atoms with E-state index in [2.05, 4.69) is 15.9 Å². The highest BCUT2D eigenvalue weighted by Crippen LogP contribution is 2.48. The van der Waals surface area contributed by atoms with Crippen LogP contribution in [-0.2, 0) is 9.47 Å². The van der Waals surface area contributed by atoms with Crippen molar-refractivity contribution in [3.8, 4) is 5.75 Å². The standard InChI is InChI=1S/C22H31BBrFO3/c1-22(2)26-14-21(28-22)20(27-19-10-9-17(25)13-18(19)24)11-12-23-15-5-3-6-16(23)8-4-7-15/h9-10,13,15-16,20-21H,3-8,11-12,14H2,1-2H3/t15?,16?,20?,21-/m0/s1. The van der Waals surface area contributed by atoms with E-state index in [0.717, 1.165) is 24.8 Å². The third kappa shape index (κ3) is 4.76. The molecule has 2 bridgehead atoms. The number of benzene rings is 1. The van der Waals surface area contributed by atoms with Gasteiger partial charge in [0.15, 0.2) is 5.79 Å². The van der Waals surface area contributed by atoms with Crippen LogP contribution in [0.4, 0.5) is 4.39 Å². The smallest absolute Gasteiger partial charge is 0.163 e. The Morgan fingerprint density at radius 1 is 1.21 bits per heavy atom. The van der Waals surface area contributed by atoms with Gasteiger partial charge in [0.2, 0.25) is 0 Å². The summed E-state index contributed by atoms with van der Waals surface area (Å²) in [5, 5.41) is 0. The fourth-order valence-corrected chi connectivity index (χ4v) is 6.04. The van der Waals surface area contributed by atoms with Gasteiger partial charge < -0.3 is 14.2 Å². The summed E-state index contributed by atoms with van der Waals surface area (Å²) in [5.74, 6) is 1.61. The largest absolute Gasteiger partial charge is 0.486 e. The molecule has 4 rings (SSSR count). The van der Waals surface area contributed by atoms with Crippen LogP contribution in [0, 0.1) is 5.82 Å². The Bertz CT molecular complexity index is 664. The summed E-state index contributed by atoms with van der Waals surface area (Å²) >= 11 is 3.44. The van der Waals surface area contributed by atoms with Crippen LogP contribution in [0.25, 0.3) is 0 Å². The first-order chi connectivity index (χ1) is 13.4. The maximum Gasteiger partial charge on any atom is 0.163 e. The number of hydrogen-bond donors (Lipinski definition) is 0. The van der Waals surface area contributed by atoms with Crippen molar-refractivity contribution < 1.29 is 18.6 Å². The van der Waals surface area contributed by atoms with E-state index >= 15 is 0 Å². The second kappa shape index (κ2) is 8.65. The number of halogens is 2. The molecule has 0 radical (unpaired) electrons. The lowest BCUT2D eigenvalue weighted by Crippen LogP contribution is -2.39. The molecule has 154 valence electrons. The highest BCUT2D eigenvalue weighted by molar-refractivity contribution is 9.10. The van der Waals surface area contributed by atoms with Crippen LogP contribution in [-0.4, -0.2) is 31.3 Å². The third-order valence-corrected chi connectivity index (χ3v) is 7.53. The van der Waals surface area contributed by atoms with Gasteiger partial charge in [0, 0.05) is 0 Å². The highest BCUT2D eigenvalue weighted by atomic mass is 79.9. The van der Waals surface area contributed by atoms with E-state index in [4.69, 9.17) is 14.2 Å². The lowest BCUT2D eigenvalue weighted by molar-refractivity contribution is -0.149. The molecule has 3 heterocycles. The van der Waals surface area contributed by atoms with Gasteiger partial charge in [-0.25, -0.2) is 4.39 Å². The average molecular weight is 453 g/mol. The molecule has 0 N–H and O–H groups in total. The summed E-state index contributed by atoms with van der Waals surface area (Å²) in [4.78, 5) is 0. The van der Waals surface area contributed by atoms with Crippen molar-refractivity contribution in [1.29, 1.82) is 0 Å². The molecular formula is C22H31BBrFO3. The van der Waals surface area contributed by atoms with Gasteiger partial charge in [-0.2, -0.15) is 0 Å². The molecule has 3 aliphatic rings. The predicted molar refractivity (Wildman–Crippen MR) is 114 cm³/mol. The first kappa shape index (κ1) is 20.7. The van der Waals surface area contributed by atoms with Crippen LogP contribution in [0.2, 0.25) is 18.0 Å². The third-order valence-electron chi connectivity index (χ3n) is 6.91. The van der Waals surface area contributed by atoms with E-state index in [9.17, 15) is 4.39 Å². The number of ether oxygens (including phenoxy) is 3. The molecule has 3 saturated heterocycles. The van der Waals surface area contributed by atoms with E-state index < -0.39 is 5.79 Å². The van der Waals surface area contributed by atoms with Crippen molar-refractivity contribution in [3.05, 3.63) is 28.5 Å². The summed E-state index contributed by atoms with van der Waals surface area (Å²) in [6.07, 6.45) is 10.3. The minimum Gasteiger partial charge on any atom is -0.486 e. The first-order valence-corrected chi connectivity index (χ1v) is 11.6. The molecule has 3 aliphatic heterocycles. The van der Waals surface area contributed by atoms with Crippen LogP contribution in [0.3, 0.4) is 0 Å². The summed E-state index contributed by atoms with van der Waals surface area (Å²) < 4.78 is 32.5. The van der Waals surface area contributed by atoms with Crippen molar-refractivity contribution in [2.45, 2.75) is 94.7 Å². The SMILES string of the molecule is CC1(C)OC[C@@H](C(CCB2C3CCCC2CCC3)Oc2ccc(F)cc2Br)O1. The lowest BCUT2D eigenvalue weighted by atomic mass is 9.25. The maximum absolute atomic E-state index is 13.5. The fraction of sp³-hybridized carbons (Fsp3) is 0.727. The molecule has 3 nitrogen and oxygen atoms in total. The van der Waals surface area contributed by atoms with Crippen LogP contribution in [0.15, 0.2) is 22.7 Å². The normalized spacial score (nSPS) is 30.3. The van der Waals surface area contributed by atoms with Crippen molar-refractivity contribution in [2.24, 2.45) is 0 Å². The van der Waals surface area contributed by atoms with Gasteiger partial charge >= 0.3 is 0 Å². The summed E-state index contributed by atoms with van der Waals surface area (Å²) in [6, 6.07) is 4.59. The summed E-state index contributed by atoms with van der Waals surface area (Å²) in [7, 11) is 0. The summed E-state index contributed by atoms with van der Waals surface area (Å²) in [5.41, 5.74) is 0. The fourth-order valence-electron chi connectivity index (χ4n) is 5.60. The molecule has 0 spiro atoms. The first-order valence-electron chi connectivity index (χ1n) is 10.8. The molecule has 1 unspecified atom stereocenters. The summed E-state index contributed by atoms with van der Waals surface area (Å²) in [6.45, 7) is 5.25. The van der Waals surface area contributed by atoms with Crippen LogP contribution >= 0.6 is 15.9 Å². The second-order valence-electron chi connectivity index (χ2n) is 9.22. The van der Waals surface area contributed by atoms with Crippen molar-refractivity contribution in [3.63, 3.8) is 0 Å². The van der Waals surface area contributed by atoms with Crippen molar-refractivity contribution in [2.75, 3.05) is 6.61 Å². The number of fused-ring (bicyclic) bond motifs is 2. The van der Waals surface area contributed by atoms with E-state index in [0.29, 0.717) is 16.8 Å². The quantitative estimate of drug-likeness (QED) is 0.462.